The number of carbonyl (C=O) groups is 3. The number of benzene rings is 1. The standard InChI is InChI=1S/C15H16O5/c1-2-11(16)9-13(15(19)20)12(14(17)18)8-10-6-4-3-5-7-10/h3-7H,2,8-9H2,1H3,(H,17,18)(H,19,20). The van der Waals surface area contributed by atoms with Crippen LogP contribution < -0.4 is 0 Å². The van der Waals surface area contributed by atoms with Crippen LogP contribution in [0.15, 0.2) is 41.5 Å². The lowest BCUT2D eigenvalue weighted by Gasteiger charge is -2.08. The maximum atomic E-state index is 11.4. The first-order valence-corrected chi connectivity index (χ1v) is 6.20. The summed E-state index contributed by atoms with van der Waals surface area (Å²) in [6.07, 6.45) is -0.204. The van der Waals surface area contributed by atoms with Crippen molar-refractivity contribution in [3.8, 4) is 0 Å². The normalized spacial score (nSPS) is 11.7. The molecule has 0 fully saturated rings. The molecule has 20 heavy (non-hydrogen) atoms. The van der Waals surface area contributed by atoms with E-state index in [2.05, 4.69) is 0 Å². The Morgan fingerprint density at radius 3 is 1.95 bits per heavy atom. The Bertz CT molecular complexity index is 543. The minimum atomic E-state index is -1.36. The van der Waals surface area contributed by atoms with Gasteiger partial charge in [0.1, 0.15) is 5.78 Å². The van der Waals surface area contributed by atoms with Crippen LogP contribution in [0.2, 0.25) is 0 Å². The van der Waals surface area contributed by atoms with E-state index in [0.29, 0.717) is 5.56 Å². The van der Waals surface area contributed by atoms with E-state index in [1.807, 2.05) is 0 Å². The number of carboxylic acid groups (broad SMARTS) is 2. The Kier molecular flexibility index (Phi) is 5.65. The Labute approximate surface area is 116 Å². The average molecular weight is 276 g/mol. The summed E-state index contributed by atoms with van der Waals surface area (Å²) in [6.45, 7) is 1.61. The SMILES string of the molecule is CCC(=O)CC(C(=O)O)=C(Cc1ccccc1)C(=O)O. The van der Waals surface area contributed by atoms with E-state index in [4.69, 9.17) is 5.11 Å². The van der Waals surface area contributed by atoms with E-state index in [1.54, 1.807) is 37.3 Å². The molecule has 0 radical (unpaired) electrons. The van der Waals surface area contributed by atoms with Gasteiger partial charge in [-0.1, -0.05) is 37.3 Å². The molecule has 1 rings (SSSR count). The molecule has 0 aliphatic carbocycles. The van der Waals surface area contributed by atoms with E-state index >= 15 is 0 Å². The molecule has 0 unspecified atom stereocenters. The first kappa shape index (κ1) is 15.6. The number of hydrogen-bond acceptors (Lipinski definition) is 3. The molecule has 0 atom stereocenters. The molecule has 0 bridgehead atoms. The molecule has 2 N–H and O–H groups in total. The summed E-state index contributed by atoms with van der Waals surface area (Å²) < 4.78 is 0. The lowest BCUT2D eigenvalue weighted by Crippen LogP contribution is -2.16. The van der Waals surface area contributed by atoms with Crippen molar-refractivity contribution in [1.82, 2.24) is 0 Å². The fourth-order valence-electron chi connectivity index (χ4n) is 1.74. The molecule has 0 saturated carbocycles. The summed E-state index contributed by atoms with van der Waals surface area (Å²) in [4.78, 5) is 33.9. The maximum Gasteiger partial charge on any atom is 0.332 e. The summed E-state index contributed by atoms with van der Waals surface area (Å²) in [7, 11) is 0. The van der Waals surface area contributed by atoms with Gasteiger partial charge in [0.25, 0.3) is 0 Å². The van der Waals surface area contributed by atoms with Gasteiger partial charge in [0.2, 0.25) is 0 Å². The number of Topliss-reactive ketones (excluding diaryl/α,β-unsaturated/α-hetero) is 1. The molecule has 5 heteroatoms. The molecule has 0 heterocycles. The van der Waals surface area contributed by atoms with E-state index in [-0.39, 0.29) is 36.2 Å². The van der Waals surface area contributed by atoms with Crippen molar-refractivity contribution in [3.63, 3.8) is 0 Å². The van der Waals surface area contributed by atoms with Crippen molar-refractivity contribution >= 4 is 17.7 Å². The van der Waals surface area contributed by atoms with Crippen LogP contribution in [0.5, 0.6) is 0 Å². The lowest BCUT2D eigenvalue weighted by atomic mass is 9.96. The van der Waals surface area contributed by atoms with Gasteiger partial charge in [0, 0.05) is 19.3 Å². The van der Waals surface area contributed by atoms with Crippen LogP contribution in [0, 0.1) is 0 Å². The molecular weight excluding hydrogens is 260 g/mol. The molecule has 0 aromatic heterocycles. The van der Waals surface area contributed by atoms with E-state index in [9.17, 15) is 19.5 Å². The predicted octanol–water partition coefficient (Wildman–Crippen LogP) is 2.06. The van der Waals surface area contributed by atoms with Gasteiger partial charge in [-0.25, -0.2) is 9.59 Å². The van der Waals surface area contributed by atoms with Gasteiger partial charge in [0.05, 0.1) is 11.1 Å². The summed E-state index contributed by atoms with van der Waals surface area (Å²) in [5, 5.41) is 18.3. The van der Waals surface area contributed by atoms with Crippen molar-refractivity contribution in [2.75, 3.05) is 0 Å². The van der Waals surface area contributed by atoms with Gasteiger partial charge < -0.3 is 10.2 Å². The summed E-state index contributed by atoms with van der Waals surface area (Å²) in [5.74, 6) is -2.97. The Morgan fingerprint density at radius 1 is 0.950 bits per heavy atom. The second-order valence-corrected chi connectivity index (χ2v) is 4.30. The van der Waals surface area contributed by atoms with Crippen LogP contribution in [0.3, 0.4) is 0 Å². The molecule has 0 aliphatic heterocycles. The molecule has 0 aliphatic rings. The zero-order valence-corrected chi connectivity index (χ0v) is 11.1. The highest BCUT2D eigenvalue weighted by atomic mass is 16.4. The molecular formula is C15H16O5. The first-order chi connectivity index (χ1) is 9.45. The van der Waals surface area contributed by atoms with Gasteiger partial charge in [-0.05, 0) is 5.56 Å². The van der Waals surface area contributed by atoms with Gasteiger partial charge >= 0.3 is 11.9 Å². The van der Waals surface area contributed by atoms with Gasteiger partial charge in [-0.3, -0.25) is 4.79 Å². The number of rotatable bonds is 7. The van der Waals surface area contributed by atoms with Crippen LogP contribution in [0.1, 0.15) is 25.3 Å². The first-order valence-electron chi connectivity index (χ1n) is 6.20. The van der Waals surface area contributed by atoms with Gasteiger partial charge in [0.15, 0.2) is 0 Å². The van der Waals surface area contributed by atoms with Crippen LogP contribution >= 0.6 is 0 Å². The number of ketones is 1. The molecule has 1 aromatic rings. The summed E-state index contributed by atoms with van der Waals surface area (Å²) in [5.41, 5.74) is 0.103. The Morgan fingerprint density at radius 2 is 1.50 bits per heavy atom. The fraction of sp³-hybridized carbons (Fsp3) is 0.267. The number of carbonyl (C=O) groups excluding carboxylic acids is 1. The van der Waals surface area contributed by atoms with E-state index in [0.717, 1.165) is 0 Å². The maximum absolute atomic E-state index is 11.4. The van der Waals surface area contributed by atoms with Crippen LogP contribution in [0.4, 0.5) is 0 Å². The second kappa shape index (κ2) is 7.23. The Balaban J connectivity index is 3.17. The zero-order valence-electron chi connectivity index (χ0n) is 11.1. The van der Waals surface area contributed by atoms with Crippen molar-refractivity contribution in [2.24, 2.45) is 0 Å². The van der Waals surface area contributed by atoms with Crippen molar-refractivity contribution in [3.05, 3.63) is 47.0 Å². The monoisotopic (exact) mass is 276 g/mol. The molecule has 0 saturated heterocycles. The molecule has 0 amide bonds. The summed E-state index contributed by atoms with van der Waals surface area (Å²) in [6, 6.07) is 8.69. The largest absolute Gasteiger partial charge is 0.478 e. The molecule has 5 nitrogen and oxygen atoms in total. The third-order valence-electron chi connectivity index (χ3n) is 2.87. The van der Waals surface area contributed by atoms with Crippen molar-refractivity contribution in [2.45, 2.75) is 26.2 Å². The highest BCUT2D eigenvalue weighted by Crippen LogP contribution is 2.17. The average Bonchev–Trinajstić information content (AvgIpc) is 2.42. The highest BCUT2D eigenvalue weighted by molar-refractivity contribution is 6.02. The minimum Gasteiger partial charge on any atom is -0.478 e. The smallest absolute Gasteiger partial charge is 0.332 e. The summed E-state index contributed by atoms with van der Waals surface area (Å²) >= 11 is 0. The fourth-order valence-corrected chi connectivity index (χ4v) is 1.74. The van der Waals surface area contributed by atoms with E-state index < -0.39 is 11.9 Å². The molecule has 0 spiro atoms. The molecule has 106 valence electrons. The van der Waals surface area contributed by atoms with Crippen molar-refractivity contribution < 1.29 is 24.6 Å². The predicted molar refractivity (Wildman–Crippen MR) is 72.4 cm³/mol. The lowest BCUT2D eigenvalue weighted by molar-refractivity contribution is -0.136. The third kappa shape index (κ3) is 4.35. The third-order valence-corrected chi connectivity index (χ3v) is 2.87. The van der Waals surface area contributed by atoms with E-state index in [1.165, 1.54) is 0 Å². The number of carboxylic acids is 2. The van der Waals surface area contributed by atoms with Gasteiger partial charge in [-0.15, -0.1) is 0 Å². The number of aliphatic carboxylic acids is 2. The highest BCUT2D eigenvalue weighted by Gasteiger charge is 2.22. The quantitative estimate of drug-likeness (QED) is 0.744. The van der Waals surface area contributed by atoms with Gasteiger partial charge in [-0.2, -0.15) is 0 Å². The molecule has 1 aromatic carbocycles. The van der Waals surface area contributed by atoms with Crippen molar-refractivity contribution in [1.29, 1.82) is 0 Å². The number of hydrogen-bond donors (Lipinski definition) is 2. The van der Waals surface area contributed by atoms with Crippen LogP contribution in [0.25, 0.3) is 0 Å². The topological polar surface area (TPSA) is 91.7 Å². The zero-order chi connectivity index (χ0) is 15.1. The van der Waals surface area contributed by atoms with Crippen LogP contribution in [-0.2, 0) is 20.8 Å². The Hall–Kier alpha value is -2.43. The minimum absolute atomic E-state index is 0.0190. The second-order valence-electron chi connectivity index (χ2n) is 4.30. The van der Waals surface area contributed by atoms with Crippen LogP contribution in [-0.4, -0.2) is 27.9 Å².